The van der Waals surface area contributed by atoms with Gasteiger partial charge in [0.25, 0.3) is 0 Å². The molecule has 0 fully saturated rings. The molecular formula is BrCaClNa+. The topological polar surface area (TPSA) is 0 Å². The first-order valence-corrected chi connectivity index (χ1v) is 0. The molecule has 0 heterocycles. The van der Waals surface area contributed by atoms with E-state index in [1.165, 1.54) is 0 Å². The molecule has 0 aliphatic rings. The fourth-order valence-electron chi connectivity index (χ4n) is 0. The maximum absolute atomic E-state index is 0. The second-order valence-electron chi connectivity index (χ2n) is 0. The number of rotatable bonds is 0. The zero-order valence-corrected chi connectivity index (χ0v) is 9.01. The SMILES string of the molecule is [Br-].[Ca+2].[Cl-].[Na+]. The van der Waals surface area contributed by atoms with E-state index in [1.807, 2.05) is 0 Å². The predicted molar refractivity (Wildman–Crippen MR) is 5.75 cm³/mol. The second kappa shape index (κ2) is 16.6. The third-order valence-electron chi connectivity index (χ3n) is 0. The number of halogens is 2. The van der Waals surface area contributed by atoms with Crippen molar-refractivity contribution in [1.29, 1.82) is 0 Å². The van der Waals surface area contributed by atoms with Crippen molar-refractivity contribution in [2.24, 2.45) is 0 Å². The fourth-order valence-corrected chi connectivity index (χ4v) is 0. The van der Waals surface area contributed by atoms with Gasteiger partial charge >= 0.3 is 67.3 Å². The van der Waals surface area contributed by atoms with E-state index >= 15 is 0 Å². The Labute approximate surface area is 94.6 Å². The van der Waals surface area contributed by atoms with Crippen LogP contribution in [0.5, 0.6) is 0 Å². The van der Waals surface area contributed by atoms with Crippen LogP contribution in [0.4, 0.5) is 0 Å². The Morgan fingerprint density at radius 3 is 1.00 bits per heavy atom. The Bertz CT molecular complexity index is 8.00. The second-order valence-corrected chi connectivity index (χ2v) is 0. The smallest absolute Gasteiger partial charge is 1.00 e. The minimum atomic E-state index is 0. The van der Waals surface area contributed by atoms with E-state index < -0.39 is 0 Å². The van der Waals surface area contributed by atoms with Gasteiger partial charge in [-0.25, -0.2) is 0 Å². The summed E-state index contributed by atoms with van der Waals surface area (Å²) < 4.78 is 0. The zero-order chi connectivity index (χ0) is 0. The van der Waals surface area contributed by atoms with Gasteiger partial charge in [-0.1, -0.05) is 0 Å². The van der Waals surface area contributed by atoms with Gasteiger partial charge in [0.05, 0.1) is 0 Å². The molecular weight excluding hydrogens is 178 g/mol. The summed E-state index contributed by atoms with van der Waals surface area (Å²) in [7, 11) is 0. The largest absolute Gasteiger partial charge is 2.00 e. The molecule has 0 rings (SSSR count). The third kappa shape index (κ3) is 8.90. The minimum Gasteiger partial charge on any atom is -1.00 e. The summed E-state index contributed by atoms with van der Waals surface area (Å²) in [5, 5.41) is 0. The molecule has 0 aromatic heterocycles. The molecule has 0 radical (unpaired) electrons. The minimum absolute atomic E-state index is 0. The molecule has 0 amide bonds. The molecule has 0 aromatic rings. The Morgan fingerprint density at radius 2 is 1.00 bits per heavy atom. The van der Waals surface area contributed by atoms with Gasteiger partial charge in [-0.3, -0.25) is 0 Å². The average molecular weight is 178 g/mol. The van der Waals surface area contributed by atoms with Gasteiger partial charge in [-0.2, -0.15) is 0 Å². The number of hydrogen-bond acceptors (Lipinski definition) is 0. The molecule has 0 N–H and O–H groups in total. The van der Waals surface area contributed by atoms with Crippen LogP contribution in [0.1, 0.15) is 0 Å². The van der Waals surface area contributed by atoms with Crippen LogP contribution < -0.4 is 58.9 Å². The summed E-state index contributed by atoms with van der Waals surface area (Å²) in [5.74, 6) is 0. The molecule has 16 valence electrons. The zero-order valence-electron chi connectivity index (χ0n) is 2.46. The van der Waals surface area contributed by atoms with Gasteiger partial charge in [-0.05, 0) is 0 Å². The Kier molecular flexibility index (Phi) is 116. The standard InChI is InChI=1S/BrH.Ca.ClH.Na/h1H;;1H;/q;+2;;+1/p-2. The molecule has 0 saturated carbocycles. The van der Waals surface area contributed by atoms with E-state index in [0.717, 1.165) is 0 Å². The molecule has 0 bridgehead atoms. The monoisotopic (exact) mass is 177 g/mol. The van der Waals surface area contributed by atoms with E-state index in [1.54, 1.807) is 0 Å². The summed E-state index contributed by atoms with van der Waals surface area (Å²) in [4.78, 5) is 0. The van der Waals surface area contributed by atoms with Crippen molar-refractivity contribution in [2.75, 3.05) is 0 Å². The van der Waals surface area contributed by atoms with Crippen molar-refractivity contribution in [1.82, 2.24) is 0 Å². The van der Waals surface area contributed by atoms with Crippen LogP contribution in [0, 0.1) is 0 Å². The van der Waals surface area contributed by atoms with E-state index in [0.29, 0.717) is 0 Å². The van der Waals surface area contributed by atoms with Gasteiger partial charge in [0.1, 0.15) is 0 Å². The molecule has 0 saturated heterocycles. The first-order chi connectivity index (χ1) is 0. The van der Waals surface area contributed by atoms with Gasteiger partial charge < -0.3 is 29.4 Å². The van der Waals surface area contributed by atoms with Crippen molar-refractivity contribution in [2.45, 2.75) is 0 Å². The molecule has 0 atom stereocenters. The van der Waals surface area contributed by atoms with Crippen molar-refractivity contribution in [3.63, 3.8) is 0 Å². The Balaban J connectivity index is 0. The van der Waals surface area contributed by atoms with E-state index in [4.69, 9.17) is 0 Å². The molecule has 0 aliphatic heterocycles. The van der Waals surface area contributed by atoms with Crippen molar-refractivity contribution in [3.05, 3.63) is 0 Å². The van der Waals surface area contributed by atoms with Gasteiger partial charge in [0.15, 0.2) is 0 Å². The summed E-state index contributed by atoms with van der Waals surface area (Å²) in [6, 6.07) is 0. The molecule has 0 aromatic carbocycles. The van der Waals surface area contributed by atoms with Crippen LogP contribution in [0.15, 0.2) is 0 Å². The Morgan fingerprint density at radius 1 is 1.00 bits per heavy atom. The predicted octanol–water partition coefficient (Wildman–Crippen LogP) is -9.37. The van der Waals surface area contributed by atoms with Crippen LogP contribution in [-0.4, -0.2) is 37.7 Å². The van der Waals surface area contributed by atoms with Crippen molar-refractivity contribution >= 4 is 37.7 Å². The molecule has 0 unspecified atom stereocenters. The fraction of sp³-hybridized carbons (Fsp3) is 0. The summed E-state index contributed by atoms with van der Waals surface area (Å²) in [6.45, 7) is 0. The van der Waals surface area contributed by atoms with Crippen LogP contribution in [-0.2, 0) is 0 Å². The quantitative estimate of drug-likeness (QED) is 0.323. The number of hydrogen-bond donors (Lipinski definition) is 0. The average Bonchev–Trinajstić information content (AvgIpc) is 0. The molecule has 4 heavy (non-hydrogen) atoms. The van der Waals surface area contributed by atoms with Crippen molar-refractivity contribution in [3.8, 4) is 0 Å². The molecule has 0 nitrogen and oxygen atoms in total. The van der Waals surface area contributed by atoms with Crippen LogP contribution in [0.3, 0.4) is 0 Å². The summed E-state index contributed by atoms with van der Waals surface area (Å²) in [5.41, 5.74) is 0. The summed E-state index contributed by atoms with van der Waals surface area (Å²) >= 11 is 0. The summed E-state index contributed by atoms with van der Waals surface area (Å²) in [6.07, 6.45) is 0. The van der Waals surface area contributed by atoms with Gasteiger partial charge in [0.2, 0.25) is 0 Å². The molecule has 0 spiro atoms. The van der Waals surface area contributed by atoms with Crippen LogP contribution in [0.2, 0.25) is 0 Å². The van der Waals surface area contributed by atoms with Gasteiger partial charge in [0, 0.05) is 0 Å². The molecule has 4 heteroatoms. The van der Waals surface area contributed by atoms with Crippen LogP contribution in [0.25, 0.3) is 0 Å². The first-order valence-electron chi connectivity index (χ1n) is 0. The Hall–Kier alpha value is 3.03. The third-order valence-corrected chi connectivity index (χ3v) is 0. The van der Waals surface area contributed by atoms with Crippen molar-refractivity contribution < 1.29 is 58.9 Å². The maximum Gasteiger partial charge on any atom is 2.00 e. The molecule has 0 aliphatic carbocycles. The van der Waals surface area contributed by atoms with Gasteiger partial charge in [-0.15, -0.1) is 0 Å². The van der Waals surface area contributed by atoms with E-state index in [2.05, 4.69) is 0 Å². The normalized spacial score (nSPS) is 0. The first kappa shape index (κ1) is 27.8. The maximum atomic E-state index is 0. The van der Waals surface area contributed by atoms with E-state index in [-0.39, 0.29) is 96.7 Å². The van der Waals surface area contributed by atoms with Crippen LogP contribution >= 0.6 is 0 Å². The van der Waals surface area contributed by atoms with E-state index in [9.17, 15) is 0 Å².